The third kappa shape index (κ3) is 4.37. The van der Waals surface area contributed by atoms with Gasteiger partial charge >= 0.3 is 6.09 Å². The highest BCUT2D eigenvalue weighted by atomic mass is 16.6. The predicted octanol–water partition coefficient (Wildman–Crippen LogP) is 3.90. The summed E-state index contributed by atoms with van der Waals surface area (Å²) in [6.45, 7) is 16.8. The maximum Gasteiger partial charge on any atom is 0.410 e. The van der Waals surface area contributed by atoms with Crippen molar-refractivity contribution in [1.82, 2.24) is 9.80 Å². The number of carbonyl (C=O) groups is 1. The minimum Gasteiger partial charge on any atom is -0.444 e. The van der Waals surface area contributed by atoms with Gasteiger partial charge in [0.05, 0.1) is 0 Å². The van der Waals surface area contributed by atoms with Gasteiger partial charge in [0.25, 0.3) is 0 Å². The van der Waals surface area contributed by atoms with Crippen LogP contribution in [-0.2, 0) is 4.74 Å². The number of piperidine rings is 2. The second kappa shape index (κ2) is 6.03. The first-order chi connectivity index (χ1) is 10.0. The first kappa shape index (κ1) is 17.6. The molecule has 0 aromatic heterocycles. The fourth-order valence-corrected chi connectivity index (χ4v) is 3.64. The maximum absolute atomic E-state index is 12.2. The van der Waals surface area contributed by atoms with Crippen LogP contribution in [0.3, 0.4) is 0 Å². The zero-order valence-corrected chi connectivity index (χ0v) is 15.4. The number of nitrogens with zero attached hydrogens (tertiary/aromatic N) is 2. The van der Waals surface area contributed by atoms with Gasteiger partial charge in [0.1, 0.15) is 5.60 Å². The molecule has 2 rings (SSSR count). The Bertz CT molecular complexity index is 388. The lowest BCUT2D eigenvalue weighted by atomic mass is 9.70. The molecule has 4 nitrogen and oxygen atoms in total. The normalized spacial score (nSPS) is 23.6. The molecule has 0 N–H and O–H groups in total. The van der Waals surface area contributed by atoms with Crippen LogP contribution in [-0.4, -0.2) is 53.2 Å². The smallest absolute Gasteiger partial charge is 0.410 e. The lowest BCUT2D eigenvalue weighted by molar-refractivity contribution is -0.0135. The highest BCUT2D eigenvalue weighted by Gasteiger charge is 2.40. The summed E-state index contributed by atoms with van der Waals surface area (Å²) in [5.41, 5.74) is 0.337. The molecule has 0 radical (unpaired) electrons. The van der Waals surface area contributed by atoms with E-state index in [-0.39, 0.29) is 11.6 Å². The molecule has 0 bridgehead atoms. The molecule has 22 heavy (non-hydrogen) atoms. The van der Waals surface area contributed by atoms with Gasteiger partial charge in [-0.05, 0) is 85.7 Å². The number of amides is 1. The molecule has 1 spiro atoms. The largest absolute Gasteiger partial charge is 0.444 e. The number of carbonyl (C=O) groups excluding carboxylic acids is 1. The molecular formula is C18H34N2O2. The van der Waals surface area contributed by atoms with Crippen LogP contribution in [0.5, 0.6) is 0 Å². The highest BCUT2D eigenvalue weighted by Crippen LogP contribution is 2.42. The van der Waals surface area contributed by atoms with Crippen LogP contribution in [0.2, 0.25) is 0 Å². The first-order valence-electron chi connectivity index (χ1n) is 8.74. The molecule has 0 aromatic carbocycles. The third-order valence-corrected chi connectivity index (χ3v) is 5.25. The monoisotopic (exact) mass is 310 g/mol. The van der Waals surface area contributed by atoms with E-state index in [2.05, 4.69) is 25.7 Å². The molecule has 0 saturated carbocycles. The van der Waals surface area contributed by atoms with E-state index in [4.69, 9.17) is 4.74 Å². The summed E-state index contributed by atoms with van der Waals surface area (Å²) in [4.78, 5) is 16.7. The van der Waals surface area contributed by atoms with Crippen molar-refractivity contribution < 1.29 is 9.53 Å². The summed E-state index contributed by atoms with van der Waals surface area (Å²) in [6, 6.07) is 0. The quantitative estimate of drug-likeness (QED) is 0.680. The molecule has 0 unspecified atom stereocenters. The van der Waals surface area contributed by atoms with Crippen molar-refractivity contribution in [2.75, 3.05) is 26.2 Å². The molecule has 2 aliphatic rings. The first-order valence-corrected chi connectivity index (χ1v) is 8.74. The van der Waals surface area contributed by atoms with Crippen molar-refractivity contribution in [3.63, 3.8) is 0 Å². The van der Waals surface area contributed by atoms with Gasteiger partial charge < -0.3 is 9.64 Å². The van der Waals surface area contributed by atoms with Gasteiger partial charge in [-0.3, -0.25) is 4.90 Å². The van der Waals surface area contributed by atoms with Crippen LogP contribution >= 0.6 is 0 Å². The van der Waals surface area contributed by atoms with E-state index in [0.717, 1.165) is 25.9 Å². The highest BCUT2D eigenvalue weighted by molar-refractivity contribution is 5.68. The molecule has 2 heterocycles. The molecule has 0 atom stereocenters. The van der Waals surface area contributed by atoms with E-state index < -0.39 is 5.60 Å². The van der Waals surface area contributed by atoms with Crippen LogP contribution in [0.4, 0.5) is 4.79 Å². The number of ether oxygens (including phenoxy) is 1. The zero-order valence-electron chi connectivity index (χ0n) is 15.4. The van der Waals surface area contributed by atoms with Crippen molar-refractivity contribution in [2.45, 2.75) is 78.4 Å². The summed E-state index contributed by atoms with van der Waals surface area (Å²) >= 11 is 0. The number of rotatable bonds is 0. The molecular weight excluding hydrogens is 276 g/mol. The number of hydrogen-bond acceptors (Lipinski definition) is 3. The van der Waals surface area contributed by atoms with E-state index in [1.165, 1.54) is 25.9 Å². The van der Waals surface area contributed by atoms with Crippen LogP contribution < -0.4 is 0 Å². The van der Waals surface area contributed by atoms with Crippen LogP contribution in [0, 0.1) is 5.41 Å². The lowest BCUT2D eigenvalue weighted by Crippen LogP contribution is -2.52. The van der Waals surface area contributed by atoms with Gasteiger partial charge in [-0.15, -0.1) is 0 Å². The van der Waals surface area contributed by atoms with Crippen molar-refractivity contribution in [1.29, 1.82) is 0 Å². The van der Waals surface area contributed by atoms with Crippen molar-refractivity contribution in [2.24, 2.45) is 5.41 Å². The van der Waals surface area contributed by atoms with E-state index in [0.29, 0.717) is 5.41 Å². The van der Waals surface area contributed by atoms with Gasteiger partial charge in [-0.25, -0.2) is 4.79 Å². The molecule has 128 valence electrons. The van der Waals surface area contributed by atoms with Gasteiger partial charge in [0.15, 0.2) is 0 Å². The second-order valence-corrected chi connectivity index (χ2v) is 9.13. The van der Waals surface area contributed by atoms with Crippen molar-refractivity contribution >= 4 is 6.09 Å². The second-order valence-electron chi connectivity index (χ2n) is 9.13. The topological polar surface area (TPSA) is 32.8 Å². The average molecular weight is 310 g/mol. The van der Waals surface area contributed by atoms with E-state index >= 15 is 0 Å². The zero-order chi connectivity index (χ0) is 16.6. The number of likely N-dealkylation sites (tertiary alicyclic amines) is 2. The van der Waals surface area contributed by atoms with Crippen molar-refractivity contribution in [3.8, 4) is 0 Å². The predicted molar refractivity (Wildman–Crippen MR) is 90.0 cm³/mol. The Balaban J connectivity index is 1.84. The molecule has 1 amide bonds. The molecule has 4 heteroatoms. The van der Waals surface area contributed by atoms with Gasteiger partial charge in [-0.2, -0.15) is 0 Å². The summed E-state index contributed by atoms with van der Waals surface area (Å²) < 4.78 is 5.49. The molecule has 2 saturated heterocycles. The number of hydrogen-bond donors (Lipinski definition) is 0. The molecule has 0 aromatic rings. The molecule has 2 aliphatic heterocycles. The van der Waals surface area contributed by atoms with Crippen LogP contribution in [0.15, 0.2) is 0 Å². The van der Waals surface area contributed by atoms with E-state index in [1.807, 2.05) is 25.7 Å². The fourth-order valence-electron chi connectivity index (χ4n) is 3.64. The van der Waals surface area contributed by atoms with Gasteiger partial charge in [-0.1, -0.05) is 0 Å². The lowest BCUT2D eigenvalue weighted by Gasteiger charge is -2.49. The molecule has 0 aliphatic carbocycles. The van der Waals surface area contributed by atoms with E-state index in [9.17, 15) is 4.79 Å². The summed E-state index contributed by atoms with van der Waals surface area (Å²) in [5.74, 6) is 0. The summed E-state index contributed by atoms with van der Waals surface area (Å²) in [6.07, 6.45) is 4.65. The Morgan fingerprint density at radius 3 is 1.73 bits per heavy atom. The van der Waals surface area contributed by atoms with Crippen molar-refractivity contribution in [3.05, 3.63) is 0 Å². The Morgan fingerprint density at radius 2 is 1.32 bits per heavy atom. The minimum absolute atomic E-state index is 0.144. The van der Waals surface area contributed by atoms with Crippen LogP contribution in [0.25, 0.3) is 0 Å². The Labute approximate surface area is 136 Å². The van der Waals surface area contributed by atoms with Gasteiger partial charge in [0.2, 0.25) is 0 Å². The fraction of sp³-hybridized carbons (Fsp3) is 0.944. The minimum atomic E-state index is -0.399. The summed E-state index contributed by atoms with van der Waals surface area (Å²) in [5, 5.41) is 0. The Hall–Kier alpha value is -0.770. The maximum atomic E-state index is 12.2. The SMILES string of the molecule is CC(C)(C)OC(=O)N1CCC2(CC1)CCN(C(C)(C)C)CC2. The Kier molecular flexibility index (Phi) is 4.82. The summed E-state index contributed by atoms with van der Waals surface area (Å²) in [7, 11) is 0. The van der Waals surface area contributed by atoms with Crippen LogP contribution in [0.1, 0.15) is 67.2 Å². The van der Waals surface area contributed by atoms with Gasteiger partial charge in [0, 0.05) is 18.6 Å². The molecule has 2 fully saturated rings. The average Bonchev–Trinajstić information content (AvgIpc) is 2.37. The standard InChI is InChI=1S/C18H34N2O2/c1-16(2,3)20-13-9-18(10-14-20)7-11-19(12-8-18)15(21)22-17(4,5)6/h7-14H2,1-6H3. The third-order valence-electron chi connectivity index (χ3n) is 5.25. The Morgan fingerprint density at radius 1 is 0.864 bits per heavy atom. The van der Waals surface area contributed by atoms with E-state index in [1.54, 1.807) is 0 Å².